The van der Waals surface area contributed by atoms with Gasteiger partial charge in [0.2, 0.25) is 0 Å². The zero-order valence-electron chi connectivity index (χ0n) is 10.5. The first kappa shape index (κ1) is 11.7. The smallest absolute Gasteiger partial charge is 0.355 e. The monoisotopic (exact) mass is 231 g/mol. The maximum atomic E-state index is 11.7. The standard InChI is InChI=1S/C14H17NO2/c1-4-10-6-7-12-11(8-10)9(3)13(15-12)14(16)17-5-2/h6-8,15H,4-5H2,1-3H3. The number of aromatic amines is 1. The summed E-state index contributed by atoms with van der Waals surface area (Å²) < 4.78 is 5.02. The molecule has 0 aliphatic carbocycles. The van der Waals surface area contributed by atoms with Gasteiger partial charge in [-0.2, -0.15) is 0 Å². The van der Waals surface area contributed by atoms with Gasteiger partial charge in [0.15, 0.2) is 0 Å². The zero-order chi connectivity index (χ0) is 12.4. The highest BCUT2D eigenvalue weighted by Gasteiger charge is 2.15. The molecule has 0 aliphatic heterocycles. The number of ether oxygens (including phenoxy) is 1. The molecule has 3 nitrogen and oxygen atoms in total. The lowest BCUT2D eigenvalue weighted by Gasteiger charge is -1.99. The van der Waals surface area contributed by atoms with Gasteiger partial charge < -0.3 is 9.72 Å². The fourth-order valence-electron chi connectivity index (χ4n) is 2.00. The minimum Gasteiger partial charge on any atom is -0.461 e. The summed E-state index contributed by atoms with van der Waals surface area (Å²) in [7, 11) is 0. The van der Waals surface area contributed by atoms with Gasteiger partial charge in [-0.3, -0.25) is 0 Å². The molecular formula is C14H17NO2. The van der Waals surface area contributed by atoms with E-state index in [0.717, 1.165) is 22.9 Å². The van der Waals surface area contributed by atoms with E-state index >= 15 is 0 Å². The van der Waals surface area contributed by atoms with Crippen LogP contribution in [0.4, 0.5) is 0 Å². The van der Waals surface area contributed by atoms with E-state index in [9.17, 15) is 4.79 Å². The molecule has 1 aromatic heterocycles. The molecule has 2 aromatic rings. The second kappa shape index (κ2) is 4.62. The highest BCUT2D eigenvalue weighted by atomic mass is 16.5. The van der Waals surface area contributed by atoms with Crippen molar-refractivity contribution in [2.75, 3.05) is 6.61 Å². The Morgan fingerprint density at radius 2 is 2.12 bits per heavy atom. The third-order valence-corrected chi connectivity index (χ3v) is 3.01. The molecule has 3 heteroatoms. The van der Waals surface area contributed by atoms with Crippen molar-refractivity contribution in [1.82, 2.24) is 4.98 Å². The fourth-order valence-corrected chi connectivity index (χ4v) is 2.00. The van der Waals surface area contributed by atoms with E-state index in [-0.39, 0.29) is 5.97 Å². The molecule has 0 unspecified atom stereocenters. The Labute approximate surface area is 101 Å². The number of hydrogen-bond acceptors (Lipinski definition) is 2. The van der Waals surface area contributed by atoms with Crippen LogP contribution in [-0.4, -0.2) is 17.6 Å². The maximum absolute atomic E-state index is 11.7. The fraction of sp³-hybridized carbons (Fsp3) is 0.357. The molecule has 1 N–H and O–H groups in total. The van der Waals surface area contributed by atoms with Crippen LogP contribution < -0.4 is 0 Å². The van der Waals surface area contributed by atoms with Gasteiger partial charge in [-0.15, -0.1) is 0 Å². The van der Waals surface area contributed by atoms with Gasteiger partial charge in [-0.25, -0.2) is 4.79 Å². The van der Waals surface area contributed by atoms with Crippen LogP contribution in [0.5, 0.6) is 0 Å². The average Bonchev–Trinajstić information content (AvgIpc) is 2.67. The van der Waals surface area contributed by atoms with Crippen molar-refractivity contribution in [1.29, 1.82) is 0 Å². The molecule has 2 rings (SSSR count). The number of esters is 1. The predicted molar refractivity (Wildman–Crippen MR) is 68.4 cm³/mol. The minimum absolute atomic E-state index is 0.278. The van der Waals surface area contributed by atoms with Crippen LogP contribution in [0, 0.1) is 6.92 Å². The average molecular weight is 231 g/mol. The van der Waals surface area contributed by atoms with Gasteiger partial charge in [0, 0.05) is 10.9 Å². The molecule has 0 saturated carbocycles. The van der Waals surface area contributed by atoms with Crippen LogP contribution in [0.25, 0.3) is 10.9 Å². The topological polar surface area (TPSA) is 42.1 Å². The molecule has 17 heavy (non-hydrogen) atoms. The third kappa shape index (κ3) is 2.05. The van der Waals surface area contributed by atoms with Crippen molar-refractivity contribution in [3.63, 3.8) is 0 Å². The Hall–Kier alpha value is -1.77. The molecule has 0 saturated heterocycles. The number of H-pyrrole nitrogens is 1. The normalized spacial score (nSPS) is 10.8. The molecular weight excluding hydrogens is 214 g/mol. The third-order valence-electron chi connectivity index (χ3n) is 3.01. The number of fused-ring (bicyclic) bond motifs is 1. The van der Waals surface area contributed by atoms with Gasteiger partial charge in [-0.1, -0.05) is 13.0 Å². The van der Waals surface area contributed by atoms with Crippen LogP contribution >= 0.6 is 0 Å². The molecule has 0 radical (unpaired) electrons. The first-order chi connectivity index (χ1) is 8.17. The van der Waals surface area contributed by atoms with Crippen molar-refractivity contribution in [3.05, 3.63) is 35.0 Å². The Bertz CT molecular complexity index is 555. The first-order valence-electron chi connectivity index (χ1n) is 5.95. The van der Waals surface area contributed by atoms with E-state index in [1.807, 2.05) is 19.9 Å². The Morgan fingerprint density at radius 3 is 2.76 bits per heavy atom. The summed E-state index contributed by atoms with van der Waals surface area (Å²) in [5.41, 5.74) is 3.79. The molecule has 0 bridgehead atoms. The summed E-state index contributed by atoms with van der Waals surface area (Å²) in [5.74, 6) is -0.278. The van der Waals surface area contributed by atoms with E-state index < -0.39 is 0 Å². The van der Waals surface area contributed by atoms with Crippen LogP contribution in [-0.2, 0) is 11.2 Å². The minimum atomic E-state index is -0.278. The lowest BCUT2D eigenvalue weighted by molar-refractivity contribution is 0.0520. The number of carbonyl (C=O) groups excluding carboxylic acids is 1. The van der Waals surface area contributed by atoms with Crippen LogP contribution in [0.2, 0.25) is 0 Å². The van der Waals surface area contributed by atoms with Crippen LogP contribution in [0.1, 0.15) is 35.5 Å². The summed E-state index contributed by atoms with van der Waals surface area (Å²) in [4.78, 5) is 14.9. The first-order valence-corrected chi connectivity index (χ1v) is 5.95. The molecule has 0 fully saturated rings. The van der Waals surface area contributed by atoms with E-state index in [4.69, 9.17) is 4.74 Å². The molecule has 0 amide bonds. The molecule has 0 atom stereocenters. The summed E-state index contributed by atoms with van der Waals surface area (Å²) >= 11 is 0. The van der Waals surface area contributed by atoms with Gasteiger partial charge in [0.25, 0.3) is 0 Å². The summed E-state index contributed by atoms with van der Waals surface area (Å²) in [6.07, 6.45) is 0.995. The van der Waals surface area contributed by atoms with Crippen molar-refractivity contribution in [3.8, 4) is 0 Å². The highest BCUT2D eigenvalue weighted by molar-refractivity contribution is 5.98. The summed E-state index contributed by atoms with van der Waals surface area (Å²) in [6.45, 7) is 6.28. The number of aryl methyl sites for hydroxylation is 2. The molecule has 1 aromatic carbocycles. The molecule has 0 spiro atoms. The number of rotatable bonds is 3. The Morgan fingerprint density at radius 1 is 1.35 bits per heavy atom. The number of aromatic nitrogens is 1. The summed E-state index contributed by atoms with van der Waals surface area (Å²) in [6, 6.07) is 6.22. The zero-order valence-corrected chi connectivity index (χ0v) is 10.5. The second-order valence-corrected chi connectivity index (χ2v) is 4.08. The highest BCUT2D eigenvalue weighted by Crippen LogP contribution is 2.23. The van der Waals surface area contributed by atoms with Gasteiger partial charge in [-0.05, 0) is 43.5 Å². The van der Waals surface area contributed by atoms with E-state index in [0.29, 0.717) is 12.3 Å². The number of carbonyl (C=O) groups is 1. The lowest BCUT2D eigenvalue weighted by Crippen LogP contribution is -2.06. The molecule has 90 valence electrons. The number of hydrogen-bond donors (Lipinski definition) is 1. The SMILES string of the molecule is CCOC(=O)c1[nH]c2ccc(CC)cc2c1C. The summed E-state index contributed by atoms with van der Waals surface area (Å²) in [5, 5.41) is 1.10. The second-order valence-electron chi connectivity index (χ2n) is 4.08. The Kier molecular flexibility index (Phi) is 3.18. The van der Waals surface area contributed by atoms with Crippen molar-refractivity contribution in [2.45, 2.75) is 27.2 Å². The lowest BCUT2D eigenvalue weighted by atomic mass is 10.1. The van der Waals surface area contributed by atoms with Crippen molar-refractivity contribution >= 4 is 16.9 Å². The van der Waals surface area contributed by atoms with E-state index in [2.05, 4.69) is 24.0 Å². The van der Waals surface area contributed by atoms with Crippen LogP contribution in [0.3, 0.4) is 0 Å². The van der Waals surface area contributed by atoms with E-state index in [1.54, 1.807) is 0 Å². The molecule has 1 heterocycles. The Balaban J connectivity index is 2.53. The quantitative estimate of drug-likeness (QED) is 0.824. The molecule has 0 aliphatic rings. The van der Waals surface area contributed by atoms with Crippen LogP contribution in [0.15, 0.2) is 18.2 Å². The number of benzene rings is 1. The largest absolute Gasteiger partial charge is 0.461 e. The predicted octanol–water partition coefficient (Wildman–Crippen LogP) is 3.22. The maximum Gasteiger partial charge on any atom is 0.355 e. The van der Waals surface area contributed by atoms with E-state index in [1.165, 1.54) is 5.56 Å². The van der Waals surface area contributed by atoms with Gasteiger partial charge in [0.05, 0.1) is 6.61 Å². The van der Waals surface area contributed by atoms with Gasteiger partial charge >= 0.3 is 5.97 Å². The number of nitrogens with one attached hydrogen (secondary N) is 1. The van der Waals surface area contributed by atoms with Crippen molar-refractivity contribution in [2.24, 2.45) is 0 Å². The van der Waals surface area contributed by atoms with Gasteiger partial charge in [0.1, 0.15) is 5.69 Å². The van der Waals surface area contributed by atoms with Crippen molar-refractivity contribution < 1.29 is 9.53 Å².